The summed E-state index contributed by atoms with van der Waals surface area (Å²) in [7, 11) is 0. The van der Waals surface area contributed by atoms with Gasteiger partial charge in [0.1, 0.15) is 6.61 Å². The highest BCUT2D eigenvalue weighted by Crippen LogP contribution is 2.30. The maximum Gasteiger partial charge on any atom is 0.416 e. The Labute approximate surface area is 192 Å². The molecule has 0 spiro atoms. The number of amides is 2. The van der Waals surface area contributed by atoms with Crippen LogP contribution in [0.4, 0.5) is 13.2 Å². The Hall–Kier alpha value is -2.57. The van der Waals surface area contributed by atoms with E-state index in [4.69, 9.17) is 11.2 Å². The summed E-state index contributed by atoms with van der Waals surface area (Å²) in [6, 6.07) is 4.45. The number of likely N-dealkylation sites (tertiary alicyclic amines) is 1. The molecule has 1 aliphatic heterocycles. The highest BCUT2D eigenvalue weighted by molar-refractivity contribution is 5.96. The van der Waals surface area contributed by atoms with Crippen LogP contribution in [-0.2, 0) is 15.7 Å². The molecule has 2 aliphatic rings. The molecule has 33 heavy (non-hydrogen) atoms. The summed E-state index contributed by atoms with van der Waals surface area (Å²) < 4.78 is 44.1. The van der Waals surface area contributed by atoms with Crippen LogP contribution in [-0.4, -0.2) is 61.6 Å². The van der Waals surface area contributed by atoms with Crippen LogP contribution >= 0.6 is 0 Å². The summed E-state index contributed by atoms with van der Waals surface area (Å²) in [4.78, 5) is 27.2. The summed E-state index contributed by atoms with van der Waals surface area (Å²) in [6.07, 6.45) is 6.68. The van der Waals surface area contributed by atoms with Gasteiger partial charge in [-0.25, -0.2) is 0 Å². The number of halogens is 3. The molecule has 2 unspecified atom stereocenters. The molecular weight excluding hydrogens is 435 g/mol. The van der Waals surface area contributed by atoms with E-state index in [1.807, 2.05) is 0 Å². The zero-order valence-electron chi connectivity index (χ0n) is 18.5. The molecular formula is C24H30F3N3O3. The van der Waals surface area contributed by atoms with Gasteiger partial charge in [-0.15, -0.1) is 6.42 Å². The molecule has 2 amide bonds. The van der Waals surface area contributed by atoms with Crippen LogP contribution in [0.15, 0.2) is 24.3 Å². The van der Waals surface area contributed by atoms with Crippen molar-refractivity contribution in [3.05, 3.63) is 35.4 Å². The first-order valence-corrected chi connectivity index (χ1v) is 11.3. The van der Waals surface area contributed by atoms with Crippen LogP contribution in [0, 0.1) is 18.3 Å². The van der Waals surface area contributed by atoms with Crippen LogP contribution in [0.2, 0.25) is 0 Å². The zero-order chi connectivity index (χ0) is 23.8. The third-order valence-electron chi connectivity index (χ3n) is 6.29. The second-order valence-electron chi connectivity index (χ2n) is 8.66. The van der Waals surface area contributed by atoms with Gasteiger partial charge in [-0.05, 0) is 31.0 Å². The minimum Gasteiger partial charge on any atom is -0.368 e. The predicted molar refractivity (Wildman–Crippen MR) is 117 cm³/mol. The summed E-state index contributed by atoms with van der Waals surface area (Å²) in [6.45, 7) is 1.80. The first-order valence-electron chi connectivity index (χ1n) is 11.3. The molecule has 3 rings (SSSR count). The first-order chi connectivity index (χ1) is 15.8. The molecule has 2 N–H and O–H groups in total. The van der Waals surface area contributed by atoms with Gasteiger partial charge < -0.3 is 15.4 Å². The lowest BCUT2D eigenvalue weighted by Gasteiger charge is -2.31. The Balaban J connectivity index is 1.54. The summed E-state index contributed by atoms with van der Waals surface area (Å²) >= 11 is 0. The van der Waals surface area contributed by atoms with Crippen LogP contribution in [0.1, 0.15) is 48.0 Å². The predicted octanol–water partition coefficient (Wildman–Crippen LogP) is 2.83. The molecule has 9 heteroatoms. The van der Waals surface area contributed by atoms with E-state index in [1.165, 1.54) is 25.3 Å². The third kappa shape index (κ3) is 7.21. The van der Waals surface area contributed by atoms with Crippen molar-refractivity contribution in [2.24, 2.45) is 5.92 Å². The van der Waals surface area contributed by atoms with Crippen molar-refractivity contribution >= 4 is 11.8 Å². The first kappa shape index (κ1) is 25.1. The SMILES string of the molecule is C#CCOCC1CN(C2CCCCC2)CC1NC(=O)CNC(=O)c1cccc(C(F)(F)F)c1. The lowest BCUT2D eigenvalue weighted by molar-refractivity contribution is -0.137. The van der Waals surface area contributed by atoms with E-state index in [0.29, 0.717) is 19.2 Å². The number of hydrogen-bond acceptors (Lipinski definition) is 4. The molecule has 1 aliphatic carbocycles. The number of hydrogen-bond donors (Lipinski definition) is 2. The van der Waals surface area contributed by atoms with Crippen molar-refractivity contribution in [3.8, 4) is 12.3 Å². The molecule has 6 nitrogen and oxygen atoms in total. The minimum atomic E-state index is -4.54. The maximum absolute atomic E-state index is 12.9. The standard InChI is InChI=1S/C24H30F3N3O3/c1-2-11-33-16-18-14-30(20-9-4-3-5-10-20)15-21(18)29-22(31)13-28-23(32)17-7-6-8-19(12-17)24(25,26)27/h1,6-8,12,18,20-21H,3-5,9-11,13-16H2,(H,28,32)(H,29,31). The van der Waals surface area contributed by atoms with Crippen molar-refractivity contribution in [3.63, 3.8) is 0 Å². The van der Waals surface area contributed by atoms with E-state index in [0.717, 1.165) is 37.6 Å². The van der Waals surface area contributed by atoms with Gasteiger partial charge in [-0.2, -0.15) is 13.2 Å². The third-order valence-corrected chi connectivity index (χ3v) is 6.29. The van der Waals surface area contributed by atoms with Crippen molar-refractivity contribution in [1.29, 1.82) is 0 Å². The molecule has 0 aromatic heterocycles. The fourth-order valence-corrected chi connectivity index (χ4v) is 4.61. The number of benzene rings is 1. The fraction of sp³-hybridized carbons (Fsp3) is 0.583. The quantitative estimate of drug-likeness (QED) is 0.458. The smallest absolute Gasteiger partial charge is 0.368 e. The summed E-state index contributed by atoms with van der Waals surface area (Å²) in [5.74, 6) is 1.38. The highest BCUT2D eigenvalue weighted by Gasteiger charge is 2.37. The Kier molecular flexibility index (Phi) is 8.75. The molecule has 1 aromatic rings. The van der Waals surface area contributed by atoms with Crippen LogP contribution in [0.5, 0.6) is 0 Å². The maximum atomic E-state index is 12.9. The molecule has 1 aromatic carbocycles. The topological polar surface area (TPSA) is 70.7 Å². The second-order valence-corrected chi connectivity index (χ2v) is 8.66. The number of carbonyl (C=O) groups excluding carboxylic acids is 2. The molecule has 2 fully saturated rings. The van der Waals surface area contributed by atoms with Gasteiger partial charge in [0.05, 0.1) is 18.7 Å². The van der Waals surface area contributed by atoms with Gasteiger partial charge >= 0.3 is 6.18 Å². The van der Waals surface area contributed by atoms with Gasteiger partial charge in [-0.1, -0.05) is 31.2 Å². The number of alkyl halides is 3. The van der Waals surface area contributed by atoms with Crippen molar-refractivity contribution in [2.75, 3.05) is 32.8 Å². The Bertz CT molecular complexity index is 862. The van der Waals surface area contributed by atoms with Crippen molar-refractivity contribution in [1.82, 2.24) is 15.5 Å². The van der Waals surface area contributed by atoms with E-state index in [-0.39, 0.29) is 30.7 Å². The highest BCUT2D eigenvalue weighted by atomic mass is 19.4. The summed E-state index contributed by atoms with van der Waals surface area (Å²) in [5, 5.41) is 5.36. The molecule has 0 radical (unpaired) electrons. The number of carbonyl (C=O) groups is 2. The zero-order valence-corrected chi connectivity index (χ0v) is 18.5. The van der Waals surface area contributed by atoms with Gasteiger partial charge in [0.15, 0.2) is 0 Å². The largest absolute Gasteiger partial charge is 0.416 e. The van der Waals surface area contributed by atoms with E-state index in [9.17, 15) is 22.8 Å². The van der Waals surface area contributed by atoms with E-state index in [1.54, 1.807) is 0 Å². The number of terminal acetylenes is 1. The number of nitrogens with zero attached hydrogens (tertiary/aromatic N) is 1. The molecule has 1 saturated heterocycles. The van der Waals surface area contributed by atoms with Gasteiger partial charge in [0, 0.05) is 36.7 Å². The lowest BCUT2D eigenvalue weighted by atomic mass is 9.94. The normalized spacial score (nSPS) is 22.0. The number of nitrogens with one attached hydrogen (secondary N) is 2. The molecule has 1 saturated carbocycles. The fourth-order valence-electron chi connectivity index (χ4n) is 4.61. The van der Waals surface area contributed by atoms with E-state index >= 15 is 0 Å². The number of ether oxygens (including phenoxy) is 1. The van der Waals surface area contributed by atoms with Gasteiger partial charge in [-0.3, -0.25) is 14.5 Å². The van der Waals surface area contributed by atoms with E-state index < -0.39 is 23.6 Å². The molecule has 0 bridgehead atoms. The minimum absolute atomic E-state index is 0.0726. The van der Waals surface area contributed by atoms with Gasteiger partial charge in [0.25, 0.3) is 5.91 Å². The summed E-state index contributed by atoms with van der Waals surface area (Å²) in [5.41, 5.74) is -1.06. The average molecular weight is 466 g/mol. The van der Waals surface area contributed by atoms with Crippen LogP contribution in [0.3, 0.4) is 0 Å². The molecule has 1 heterocycles. The molecule has 180 valence electrons. The second kappa shape index (κ2) is 11.5. The lowest BCUT2D eigenvalue weighted by Crippen LogP contribution is -2.46. The van der Waals surface area contributed by atoms with Crippen LogP contribution in [0.25, 0.3) is 0 Å². The van der Waals surface area contributed by atoms with Crippen LogP contribution < -0.4 is 10.6 Å². The van der Waals surface area contributed by atoms with Crippen molar-refractivity contribution in [2.45, 2.75) is 50.4 Å². The molecule has 2 atom stereocenters. The number of rotatable bonds is 8. The Morgan fingerprint density at radius 3 is 2.64 bits per heavy atom. The monoisotopic (exact) mass is 465 g/mol. The Morgan fingerprint density at radius 1 is 1.18 bits per heavy atom. The van der Waals surface area contributed by atoms with E-state index in [2.05, 4.69) is 21.5 Å². The van der Waals surface area contributed by atoms with Gasteiger partial charge in [0.2, 0.25) is 5.91 Å². The Morgan fingerprint density at radius 2 is 1.94 bits per heavy atom. The van der Waals surface area contributed by atoms with Crippen molar-refractivity contribution < 1.29 is 27.5 Å². The average Bonchev–Trinajstić information content (AvgIpc) is 3.20.